The second kappa shape index (κ2) is 11.2. The van der Waals surface area contributed by atoms with Crippen molar-refractivity contribution in [2.24, 2.45) is 0 Å². The largest absolute Gasteiger partial charge is 0.309 e. The molecular weight excluding hydrogens is 593 g/mol. The Labute approximate surface area is 285 Å². The second-order valence-corrected chi connectivity index (χ2v) is 13.1. The molecule has 0 N–H and O–H groups in total. The van der Waals surface area contributed by atoms with Crippen LogP contribution < -0.4 is 4.90 Å². The van der Waals surface area contributed by atoms with Gasteiger partial charge in [-0.2, -0.15) is 0 Å². The molecule has 0 saturated heterocycles. The van der Waals surface area contributed by atoms with Crippen LogP contribution in [0.2, 0.25) is 0 Å². The van der Waals surface area contributed by atoms with Crippen LogP contribution in [0, 0.1) is 0 Å². The molecule has 7 aromatic carbocycles. The van der Waals surface area contributed by atoms with Crippen LogP contribution in [0.1, 0.15) is 17.9 Å². The van der Waals surface area contributed by atoms with Gasteiger partial charge in [-0.1, -0.05) is 127 Å². The van der Waals surface area contributed by atoms with Gasteiger partial charge in [-0.05, 0) is 114 Å². The monoisotopic (exact) mass is 624 g/mol. The van der Waals surface area contributed by atoms with E-state index in [4.69, 9.17) is 0 Å². The Kier molecular flexibility index (Phi) is 6.35. The zero-order valence-electron chi connectivity index (χ0n) is 26.9. The van der Waals surface area contributed by atoms with Crippen LogP contribution in [0.5, 0.6) is 0 Å². The van der Waals surface area contributed by atoms with E-state index < -0.39 is 0 Å². The Hall–Kier alpha value is -6.25. The molecule has 2 nitrogen and oxygen atoms in total. The molecule has 1 atom stereocenters. The fourth-order valence-corrected chi connectivity index (χ4v) is 8.18. The molecule has 1 heterocycles. The molecule has 10 rings (SSSR count). The summed E-state index contributed by atoms with van der Waals surface area (Å²) in [6.45, 7) is 0. The van der Waals surface area contributed by atoms with E-state index in [1.54, 1.807) is 0 Å². The summed E-state index contributed by atoms with van der Waals surface area (Å²) in [5, 5.41) is 7.91. The number of hydrogen-bond donors (Lipinski definition) is 0. The third-order valence-corrected chi connectivity index (χ3v) is 10.4. The van der Waals surface area contributed by atoms with Gasteiger partial charge in [0, 0.05) is 23.5 Å². The summed E-state index contributed by atoms with van der Waals surface area (Å²) >= 11 is 0. The lowest BCUT2D eigenvalue weighted by Crippen LogP contribution is -2.17. The predicted molar refractivity (Wildman–Crippen MR) is 206 cm³/mol. The van der Waals surface area contributed by atoms with Gasteiger partial charge >= 0.3 is 0 Å². The van der Waals surface area contributed by atoms with Crippen molar-refractivity contribution in [1.82, 2.24) is 4.98 Å². The molecule has 0 spiro atoms. The first kappa shape index (κ1) is 27.8. The van der Waals surface area contributed by atoms with Crippen LogP contribution in [0.25, 0.3) is 65.7 Å². The average Bonchev–Trinajstić information content (AvgIpc) is 3.51. The first-order valence-corrected chi connectivity index (χ1v) is 17.1. The van der Waals surface area contributed by atoms with Gasteiger partial charge in [-0.15, -0.1) is 0 Å². The Morgan fingerprint density at radius 1 is 0.531 bits per heavy atom. The maximum absolute atomic E-state index is 4.50. The minimum atomic E-state index is 0.298. The fraction of sp³-hybridized carbons (Fsp3) is 0.0426. The topological polar surface area (TPSA) is 16.1 Å². The Morgan fingerprint density at radius 3 is 2.00 bits per heavy atom. The number of benzene rings is 7. The summed E-state index contributed by atoms with van der Waals surface area (Å²) in [6, 6.07) is 53.2. The SMILES string of the molecule is C1=CC(c2cc3ccccc3c3ccccc23)CC=C1N(c1ccc(-c2ccc3c4c(cccc24)-c2ccccc2-3)cc1)c1cccnc1. The third-order valence-electron chi connectivity index (χ3n) is 10.4. The third kappa shape index (κ3) is 4.45. The van der Waals surface area contributed by atoms with E-state index in [0.29, 0.717) is 5.92 Å². The lowest BCUT2D eigenvalue weighted by Gasteiger charge is -2.29. The number of fused-ring (bicyclic) bond motifs is 6. The molecule has 230 valence electrons. The summed E-state index contributed by atoms with van der Waals surface area (Å²) in [6.07, 6.45) is 11.8. The molecule has 1 aromatic heterocycles. The molecule has 2 aliphatic carbocycles. The fourth-order valence-electron chi connectivity index (χ4n) is 8.18. The molecular formula is C47H32N2. The molecule has 0 radical (unpaired) electrons. The van der Waals surface area contributed by atoms with Gasteiger partial charge in [-0.3, -0.25) is 4.98 Å². The lowest BCUT2D eigenvalue weighted by atomic mass is 9.86. The molecule has 8 aromatic rings. The van der Waals surface area contributed by atoms with E-state index in [2.05, 4.69) is 168 Å². The maximum Gasteiger partial charge on any atom is 0.0644 e. The molecule has 0 bridgehead atoms. The highest BCUT2D eigenvalue weighted by molar-refractivity contribution is 6.18. The molecule has 1 unspecified atom stereocenters. The highest BCUT2D eigenvalue weighted by Crippen LogP contribution is 2.49. The van der Waals surface area contributed by atoms with Gasteiger partial charge in [0.05, 0.1) is 11.9 Å². The Bertz CT molecular complexity index is 2600. The van der Waals surface area contributed by atoms with Crippen molar-refractivity contribution >= 4 is 43.7 Å². The number of hydrogen-bond acceptors (Lipinski definition) is 2. The summed E-state index contributed by atoms with van der Waals surface area (Å²) < 4.78 is 0. The summed E-state index contributed by atoms with van der Waals surface area (Å²) in [5.74, 6) is 0.298. The Balaban J connectivity index is 1.01. The number of aromatic nitrogens is 1. The van der Waals surface area contributed by atoms with Crippen molar-refractivity contribution in [3.05, 3.63) is 187 Å². The van der Waals surface area contributed by atoms with E-state index >= 15 is 0 Å². The van der Waals surface area contributed by atoms with Crippen molar-refractivity contribution in [3.63, 3.8) is 0 Å². The van der Waals surface area contributed by atoms with Crippen molar-refractivity contribution in [2.45, 2.75) is 12.3 Å². The first-order valence-electron chi connectivity index (χ1n) is 17.1. The molecule has 0 saturated carbocycles. The average molecular weight is 625 g/mol. The highest BCUT2D eigenvalue weighted by Gasteiger charge is 2.23. The van der Waals surface area contributed by atoms with E-state index in [1.807, 2.05) is 18.5 Å². The van der Waals surface area contributed by atoms with E-state index in [-0.39, 0.29) is 0 Å². The lowest BCUT2D eigenvalue weighted by molar-refractivity contribution is 0.848. The van der Waals surface area contributed by atoms with Gasteiger partial charge in [0.1, 0.15) is 0 Å². The minimum Gasteiger partial charge on any atom is -0.309 e. The second-order valence-electron chi connectivity index (χ2n) is 13.1. The van der Waals surface area contributed by atoms with Gasteiger partial charge < -0.3 is 4.90 Å². The summed E-state index contributed by atoms with van der Waals surface area (Å²) in [7, 11) is 0. The zero-order valence-corrected chi connectivity index (χ0v) is 26.9. The number of pyridine rings is 1. The van der Waals surface area contributed by atoms with E-state index in [1.165, 1.54) is 71.3 Å². The van der Waals surface area contributed by atoms with Crippen LogP contribution in [0.4, 0.5) is 11.4 Å². The minimum absolute atomic E-state index is 0.298. The van der Waals surface area contributed by atoms with Crippen LogP contribution >= 0.6 is 0 Å². The summed E-state index contributed by atoms with van der Waals surface area (Å²) in [5.41, 5.74) is 12.5. The molecule has 2 aliphatic rings. The van der Waals surface area contributed by atoms with Gasteiger partial charge in [0.25, 0.3) is 0 Å². The van der Waals surface area contributed by atoms with Crippen LogP contribution in [-0.2, 0) is 0 Å². The van der Waals surface area contributed by atoms with E-state index in [9.17, 15) is 0 Å². The number of rotatable bonds is 5. The molecule has 2 heteroatoms. The van der Waals surface area contributed by atoms with Gasteiger partial charge in [-0.25, -0.2) is 0 Å². The smallest absolute Gasteiger partial charge is 0.0644 e. The van der Waals surface area contributed by atoms with Gasteiger partial charge in [0.15, 0.2) is 0 Å². The summed E-state index contributed by atoms with van der Waals surface area (Å²) in [4.78, 5) is 6.82. The van der Waals surface area contributed by atoms with Crippen LogP contribution in [0.15, 0.2) is 182 Å². The van der Waals surface area contributed by atoms with Crippen LogP contribution in [-0.4, -0.2) is 4.98 Å². The quantitative estimate of drug-likeness (QED) is 0.177. The molecule has 49 heavy (non-hydrogen) atoms. The number of anilines is 2. The van der Waals surface area contributed by atoms with Crippen molar-refractivity contribution in [1.29, 1.82) is 0 Å². The standard InChI is InChI=1S/C47H32N2/c1-2-11-37-33(9-1)29-46(42-15-6-3-12-39(37)42)32-20-24-35(25-21-32)49(36-10-8-28-48-30-36)34-22-18-31(19-23-34)38-26-27-45-41-14-5-4-13-40(41)44-17-7-16-43(38)47(44)45/h1-20,22-30,32H,21H2. The predicted octanol–water partition coefficient (Wildman–Crippen LogP) is 12.6. The van der Waals surface area contributed by atoms with Crippen molar-refractivity contribution in [3.8, 4) is 33.4 Å². The van der Waals surface area contributed by atoms with Gasteiger partial charge in [0.2, 0.25) is 0 Å². The first-order chi connectivity index (χ1) is 24.3. The normalized spacial score (nSPS) is 14.7. The van der Waals surface area contributed by atoms with Crippen LogP contribution in [0.3, 0.4) is 0 Å². The van der Waals surface area contributed by atoms with Crippen molar-refractivity contribution in [2.75, 3.05) is 4.90 Å². The molecule has 0 amide bonds. The molecule has 0 aliphatic heterocycles. The zero-order chi connectivity index (χ0) is 32.3. The highest BCUT2D eigenvalue weighted by atomic mass is 15.2. The molecule has 0 fully saturated rings. The number of nitrogens with zero attached hydrogens (tertiary/aromatic N) is 2. The Morgan fingerprint density at radius 2 is 1.22 bits per heavy atom. The van der Waals surface area contributed by atoms with E-state index in [0.717, 1.165) is 23.5 Å². The van der Waals surface area contributed by atoms with Crippen molar-refractivity contribution < 1.29 is 0 Å². The maximum atomic E-state index is 4.50. The number of allylic oxidation sites excluding steroid dienone is 3.